The fraction of sp³-hybridized carbons (Fsp3) is 0.214. The Morgan fingerprint density at radius 2 is 1.70 bits per heavy atom. The minimum absolute atomic E-state index is 0.198. The van der Waals surface area contributed by atoms with Gasteiger partial charge in [-0.25, -0.2) is 9.59 Å². The molecule has 1 atom stereocenters. The number of esters is 1. The largest absolute Gasteiger partial charge is 0.454 e. The summed E-state index contributed by atoms with van der Waals surface area (Å²) in [6, 6.07) is 3.86. The van der Waals surface area contributed by atoms with Gasteiger partial charge in [-0.1, -0.05) is 12.1 Å². The summed E-state index contributed by atoms with van der Waals surface area (Å²) in [7, 11) is 0. The van der Waals surface area contributed by atoms with Crippen molar-refractivity contribution in [2.24, 2.45) is 5.73 Å². The van der Waals surface area contributed by atoms with Crippen molar-refractivity contribution in [3.05, 3.63) is 35.4 Å². The van der Waals surface area contributed by atoms with Crippen molar-refractivity contribution in [2.75, 3.05) is 6.61 Å². The minimum Gasteiger partial charge on any atom is -0.454 e. The Bertz CT molecular complexity index is 679. The number of nitrogens with one attached hydrogen (secondary N) is 1. The number of ether oxygens (including phenoxy) is 1. The number of imide groups is 2. The third kappa shape index (κ3) is 3.18. The van der Waals surface area contributed by atoms with Gasteiger partial charge in [0.2, 0.25) is 0 Å². The lowest BCUT2D eigenvalue weighted by molar-refractivity contribution is -0.151. The van der Waals surface area contributed by atoms with Crippen LogP contribution in [0.1, 0.15) is 27.6 Å². The van der Waals surface area contributed by atoms with Crippen LogP contribution in [-0.2, 0) is 14.3 Å². The molecule has 0 saturated carbocycles. The van der Waals surface area contributed by atoms with Crippen molar-refractivity contribution in [3.8, 4) is 0 Å². The molecule has 5 amide bonds. The molecule has 1 aromatic rings. The van der Waals surface area contributed by atoms with Gasteiger partial charge < -0.3 is 10.5 Å². The van der Waals surface area contributed by atoms with Gasteiger partial charge in [0.05, 0.1) is 11.1 Å². The number of carbonyl (C=O) groups is 5. The number of fused-ring (bicyclic) bond motifs is 1. The summed E-state index contributed by atoms with van der Waals surface area (Å²) < 4.78 is 4.67. The number of hydrogen-bond donors (Lipinski definition) is 2. The Morgan fingerprint density at radius 3 is 2.17 bits per heavy atom. The third-order valence-corrected chi connectivity index (χ3v) is 3.16. The highest BCUT2D eigenvalue weighted by Crippen LogP contribution is 2.24. The third-order valence-electron chi connectivity index (χ3n) is 3.16. The fourth-order valence-corrected chi connectivity index (χ4v) is 2.10. The summed E-state index contributed by atoms with van der Waals surface area (Å²) in [4.78, 5) is 58.7. The van der Waals surface area contributed by atoms with E-state index in [2.05, 4.69) is 4.74 Å². The van der Waals surface area contributed by atoms with Crippen LogP contribution in [0.15, 0.2) is 24.3 Å². The number of rotatable bonds is 4. The first kappa shape index (κ1) is 16.1. The predicted octanol–water partition coefficient (Wildman–Crippen LogP) is -0.591. The van der Waals surface area contributed by atoms with Gasteiger partial charge in [0.25, 0.3) is 17.7 Å². The van der Waals surface area contributed by atoms with Gasteiger partial charge in [-0.05, 0) is 19.1 Å². The SMILES string of the molecule is C[C@@H](C(=O)OCC(=O)NC(N)=O)N1C(=O)c2ccccc2C1=O. The van der Waals surface area contributed by atoms with Crippen LogP contribution in [0.3, 0.4) is 0 Å². The van der Waals surface area contributed by atoms with Crippen LogP contribution in [0, 0.1) is 0 Å². The molecular weight excluding hydrogens is 306 g/mol. The molecule has 0 unspecified atom stereocenters. The molecule has 1 heterocycles. The van der Waals surface area contributed by atoms with E-state index >= 15 is 0 Å². The molecule has 3 N–H and O–H groups in total. The van der Waals surface area contributed by atoms with Crippen molar-refractivity contribution in [3.63, 3.8) is 0 Å². The Labute approximate surface area is 130 Å². The minimum atomic E-state index is -1.22. The molecule has 0 spiro atoms. The van der Waals surface area contributed by atoms with Crippen LogP contribution in [0.4, 0.5) is 4.79 Å². The highest BCUT2D eigenvalue weighted by Gasteiger charge is 2.41. The second-order valence-corrected chi connectivity index (χ2v) is 4.72. The van der Waals surface area contributed by atoms with E-state index in [-0.39, 0.29) is 11.1 Å². The molecule has 120 valence electrons. The molecule has 0 radical (unpaired) electrons. The smallest absolute Gasteiger partial charge is 0.329 e. The second kappa shape index (κ2) is 6.26. The summed E-state index contributed by atoms with van der Waals surface area (Å²) >= 11 is 0. The van der Waals surface area contributed by atoms with Crippen molar-refractivity contribution in [2.45, 2.75) is 13.0 Å². The topological polar surface area (TPSA) is 136 Å². The van der Waals surface area contributed by atoms with Crippen LogP contribution in [0.25, 0.3) is 0 Å². The summed E-state index contributed by atoms with van der Waals surface area (Å²) in [6.45, 7) is 0.547. The maximum absolute atomic E-state index is 12.2. The Hall–Kier alpha value is -3.23. The number of nitrogens with two attached hydrogens (primary N) is 1. The van der Waals surface area contributed by atoms with Gasteiger partial charge in [-0.3, -0.25) is 24.6 Å². The van der Waals surface area contributed by atoms with E-state index in [0.717, 1.165) is 4.90 Å². The Morgan fingerprint density at radius 1 is 1.17 bits per heavy atom. The van der Waals surface area contributed by atoms with Crippen molar-refractivity contribution < 1.29 is 28.7 Å². The zero-order chi connectivity index (χ0) is 17.1. The molecule has 0 saturated heterocycles. The summed E-state index contributed by atoms with van der Waals surface area (Å²) in [5, 5.41) is 1.71. The summed E-state index contributed by atoms with van der Waals surface area (Å²) in [5.74, 6) is -3.10. The molecule has 9 heteroatoms. The van der Waals surface area contributed by atoms with E-state index in [1.165, 1.54) is 19.1 Å². The first-order valence-electron chi connectivity index (χ1n) is 6.55. The number of nitrogens with zero attached hydrogens (tertiary/aromatic N) is 1. The molecule has 23 heavy (non-hydrogen) atoms. The van der Waals surface area contributed by atoms with Crippen LogP contribution in [0.2, 0.25) is 0 Å². The monoisotopic (exact) mass is 319 g/mol. The van der Waals surface area contributed by atoms with E-state index in [1.54, 1.807) is 17.4 Å². The Balaban J connectivity index is 2.04. The quantitative estimate of drug-likeness (QED) is 0.562. The summed E-state index contributed by atoms with van der Waals surface area (Å²) in [5.41, 5.74) is 5.13. The summed E-state index contributed by atoms with van der Waals surface area (Å²) in [6.07, 6.45) is 0. The number of hydrogen-bond acceptors (Lipinski definition) is 6. The zero-order valence-corrected chi connectivity index (χ0v) is 12.1. The standard InChI is InChI=1S/C14H13N3O6/c1-7(13(21)23-6-10(18)16-14(15)22)17-11(19)8-4-2-3-5-9(8)12(17)20/h2-5,7H,6H2,1H3,(H3,15,16,18,22)/t7-/m0/s1. The maximum Gasteiger partial charge on any atom is 0.329 e. The van der Waals surface area contributed by atoms with E-state index < -0.39 is 42.4 Å². The number of benzene rings is 1. The first-order valence-corrected chi connectivity index (χ1v) is 6.55. The molecule has 0 aliphatic carbocycles. The molecular formula is C14H13N3O6. The van der Waals surface area contributed by atoms with Gasteiger partial charge in [-0.2, -0.15) is 0 Å². The molecule has 0 aromatic heterocycles. The fourth-order valence-electron chi connectivity index (χ4n) is 2.10. The van der Waals surface area contributed by atoms with Crippen molar-refractivity contribution in [1.82, 2.24) is 10.2 Å². The van der Waals surface area contributed by atoms with E-state index in [9.17, 15) is 24.0 Å². The number of carbonyl (C=O) groups excluding carboxylic acids is 5. The van der Waals surface area contributed by atoms with E-state index in [0.29, 0.717) is 0 Å². The lowest BCUT2D eigenvalue weighted by atomic mass is 10.1. The molecule has 1 aromatic carbocycles. The van der Waals surface area contributed by atoms with Crippen LogP contribution in [-0.4, -0.2) is 47.3 Å². The molecule has 0 bridgehead atoms. The normalized spacial score (nSPS) is 14.2. The molecule has 9 nitrogen and oxygen atoms in total. The van der Waals surface area contributed by atoms with Crippen LogP contribution in [0.5, 0.6) is 0 Å². The molecule has 2 rings (SSSR count). The second-order valence-electron chi connectivity index (χ2n) is 4.72. The van der Waals surface area contributed by atoms with Crippen LogP contribution >= 0.6 is 0 Å². The predicted molar refractivity (Wildman–Crippen MR) is 75.1 cm³/mol. The average molecular weight is 319 g/mol. The number of amides is 5. The maximum atomic E-state index is 12.2. The molecule has 1 aliphatic heterocycles. The van der Waals surface area contributed by atoms with Crippen LogP contribution < -0.4 is 11.1 Å². The lowest BCUT2D eigenvalue weighted by Crippen LogP contribution is -2.45. The van der Waals surface area contributed by atoms with Crippen molar-refractivity contribution in [1.29, 1.82) is 0 Å². The number of urea groups is 1. The molecule has 1 aliphatic rings. The van der Waals surface area contributed by atoms with Crippen molar-refractivity contribution >= 4 is 29.7 Å². The highest BCUT2D eigenvalue weighted by atomic mass is 16.5. The average Bonchev–Trinajstić information content (AvgIpc) is 2.75. The lowest BCUT2D eigenvalue weighted by Gasteiger charge is -2.20. The Kier molecular flexibility index (Phi) is 4.39. The molecule has 0 fully saturated rings. The van der Waals surface area contributed by atoms with Gasteiger partial charge in [0.15, 0.2) is 6.61 Å². The van der Waals surface area contributed by atoms with Gasteiger partial charge >= 0.3 is 12.0 Å². The number of primary amides is 1. The van der Waals surface area contributed by atoms with E-state index in [1.807, 2.05) is 0 Å². The van der Waals surface area contributed by atoms with E-state index in [4.69, 9.17) is 5.73 Å². The van der Waals surface area contributed by atoms with Gasteiger partial charge in [0.1, 0.15) is 6.04 Å². The first-order chi connectivity index (χ1) is 10.8. The highest BCUT2D eigenvalue weighted by molar-refractivity contribution is 6.22. The zero-order valence-electron chi connectivity index (χ0n) is 12.1. The van der Waals surface area contributed by atoms with Gasteiger partial charge in [-0.15, -0.1) is 0 Å². The van der Waals surface area contributed by atoms with Gasteiger partial charge in [0, 0.05) is 0 Å².